The zero-order valence-electron chi connectivity index (χ0n) is 8.25. The lowest BCUT2D eigenvalue weighted by Crippen LogP contribution is -2.29. The molecule has 1 heterocycles. The second-order valence-electron chi connectivity index (χ2n) is 3.05. The van der Waals surface area contributed by atoms with Gasteiger partial charge in [-0.1, -0.05) is 0 Å². The van der Waals surface area contributed by atoms with Crippen molar-refractivity contribution in [1.29, 1.82) is 0 Å². The summed E-state index contributed by atoms with van der Waals surface area (Å²) in [5.74, 6) is 0.301. The van der Waals surface area contributed by atoms with Crippen molar-refractivity contribution in [2.45, 2.75) is 13.0 Å². The van der Waals surface area contributed by atoms with Crippen LogP contribution in [0.3, 0.4) is 0 Å². The van der Waals surface area contributed by atoms with Crippen LogP contribution in [0.15, 0.2) is 6.33 Å². The summed E-state index contributed by atoms with van der Waals surface area (Å²) in [4.78, 5) is 3.79. The molecule has 1 aromatic heterocycles. The van der Waals surface area contributed by atoms with Gasteiger partial charge in [-0.3, -0.25) is 0 Å². The molecule has 0 amide bonds. The number of hydrogen-bond acceptors (Lipinski definition) is 5. The second kappa shape index (κ2) is 3.64. The molecule has 0 bridgehead atoms. The monoisotopic (exact) mass is 219 g/mol. The third-order valence-corrected chi connectivity index (χ3v) is 3.17. The molecule has 1 aromatic rings. The van der Waals surface area contributed by atoms with Crippen molar-refractivity contribution < 1.29 is 8.42 Å². The van der Waals surface area contributed by atoms with E-state index in [-0.39, 0.29) is 6.04 Å². The van der Waals surface area contributed by atoms with Crippen LogP contribution < -0.4 is 5.73 Å². The predicted octanol–water partition coefficient (Wildman–Crippen LogP) is -1.05. The number of nitrogens with two attached hydrogens (primary N) is 1. The fourth-order valence-corrected chi connectivity index (χ4v) is 1.44. The van der Waals surface area contributed by atoms with Crippen LogP contribution in [0.5, 0.6) is 0 Å². The Morgan fingerprint density at radius 3 is 2.50 bits per heavy atom. The molecule has 7 nitrogen and oxygen atoms in total. The van der Waals surface area contributed by atoms with E-state index in [1.54, 1.807) is 6.92 Å². The highest BCUT2D eigenvalue weighted by Gasteiger charge is 2.18. The Bertz CT molecular complexity index is 408. The molecule has 1 atom stereocenters. The van der Waals surface area contributed by atoms with Gasteiger partial charge in [-0.25, -0.2) is 4.98 Å². The Morgan fingerprint density at radius 2 is 2.14 bits per heavy atom. The molecule has 0 saturated carbocycles. The molecule has 0 aliphatic rings. The standard InChI is InChI=1S/C6H13N5O2S/c1-5(7)6-8-4-11(9-6)14(12,13)10(2)3/h4-5H,7H2,1-3H3/t5-/m0/s1. The SMILES string of the molecule is C[C@H](N)c1ncn(S(=O)(=O)N(C)C)n1. The van der Waals surface area contributed by atoms with Crippen LogP contribution in [-0.4, -0.2) is 41.0 Å². The molecule has 14 heavy (non-hydrogen) atoms. The summed E-state index contributed by atoms with van der Waals surface area (Å²) in [5.41, 5.74) is 5.50. The van der Waals surface area contributed by atoms with E-state index < -0.39 is 10.2 Å². The molecule has 0 aliphatic heterocycles. The minimum absolute atomic E-state index is 0.301. The highest BCUT2D eigenvalue weighted by molar-refractivity contribution is 7.87. The number of aromatic nitrogens is 3. The summed E-state index contributed by atoms with van der Waals surface area (Å²) in [7, 11) is -0.730. The average molecular weight is 219 g/mol. The van der Waals surface area contributed by atoms with Crippen molar-refractivity contribution >= 4 is 10.2 Å². The normalized spacial score (nSPS) is 14.6. The molecule has 80 valence electrons. The second-order valence-corrected chi connectivity index (χ2v) is 5.05. The van der Waals surface area contributed by atoms with Crippen LogP contribution >= 0.6 is 0 Å². The molecule has 0 unspecified atom stereocenters. The van der Waals surface area contributed by atoms with Gasteiger partial charge >= 0.3 is 10.2 Å². The van der Waals surface area contributed by atoms with E-state index in [1.807, 2.05) is 0 Å². The maximum Gasteiger partial charge on any atom is 0.323 e. The Balaban J connectivity index is 3.10. The molecule has 8 heteroatoms. The van der Waals surface area contributed by atoms with Crippen molar-refractivity contribution in [3.05, 3.63) is 12.2 Å². The van der Waals surface area contributed by atoms with Gasteiger partial charge in [0, 0.05) is 14.1 Å². The minimum atomic E-state index is -3.57. The molecule has 0 fully saturated rings. The van der Waals surface area contributed by atoms with E-state index >= 15 is 0 Å². The van der Waals surface area contributed by atoms with Gasteiger partial charge in [0.2, 0.25) is 0 Å². The lowest BCUT2D eigenvalue weighted by atomic mass is 10.4. The maximum absolute atomic E-state index is 11.5. The van der Waals surface area contributed by atoms with Crippen LogP contribution in [-0.2, 0) is 10.2 Å². The van der Waals surface area contributed by atoms with Gasteiger partial charge < -0.3 is 5.73 Å². The van der Waals surface area contributed by atoms with E-state index in [1.165, 1.54) is 14.1 Å². The summed E-state index contributed by atoms with van der Waals surface area (Å²) in [6.07, 6.45) is 1.13. The van der Waals surface area contributed by atoms with Gasteiger partial charge in [0.1, 0.15) is 6.33 Å². The number of hydrogen-bond donors (Lipinski definition) is 1. The fourth-order valence-electron chi connectivity index (χ4n) is 0.748. The smallest absolute Gasteiger partial charge is 0.321 e. The molecule has 0 saturated heterocycles. The fraction of sp³-hybridized carbons (Fsp3) is 0.667. The minimum Gasteiger partial charge on any atom is -0.321 e. The summed E-state index contributed by atoms with van der Waals surface area (Å²) >= 11 is 0. The Morgan fingerprint density at radius 1 is 1.57 bits per heavy atom. The van der Waals surface area contributed by atoms with Gasteiger partial charge in [0.15, 0.2) is 5.82 Å². The van der Waals surface area contributed by atoms with Crippen LogP contribution in [0.1, 0.15) is 18.8 Å². The van der Waals surface area contributed by atoms with E-state index in [0.717, 1.165) is 14.7 Å². The van der Waals surface area contributed by atoms with Gasteiger partial charge in [-0.2, -0.15) is 12.7 Å². The molecule has 0 aromatic carbocycles. The molecular formula is C6H13N5O2S. The first-order valence-electron chi connectivity index (χ1n) is 3.96. The van der Waals surface area contributed by atoms with Crippen LogP contribution in [0.2, 0.25) is 0 Å². The number of nitrogens with zero attached hydrogens (tertiary/aromatic N) is 4. The van der Waals surface area contributed by atoms with E-state index in [0.29, 0.717) is 5.82 Å². The molecule has 0 radical (unpaired) electrons. The van der Waals surface area contributed by atoms with Crippen molar-refractivity contribution in [3.8, 4) is 0 Å². The lowest BCUT2D eigenvalue weighted by Gasteiger charge is -2.09. The highest BCUT2D eigenvalue weighted by Crippen LogP contribution is 2.04. The highest BCUT2D eigenvalue weighted by atomic mass is 32.2. The maximum atomic E-state index is 11.5. The topological polar surface area (TPSA) is 94.1 Å². The lowest BCUT2D eigenvalue weighted by molar-refractivity contribution is 0.502. The Labute approximate surface area is 82.7 Å². The van der Waals surface area contributed by atoms with Gasteiger partial charge in [-0.05, 0) is 6.92 Å². The van der Waals surface area contributed by atoms with Crippen molar-refractivity contribution in [3.63, 3.8) is 0 Å². The first-order valence-corrected chi connectivity index (χ1v) is 5.35. The molecule has 1 rings (SSSR count). The van der Waals surface area contributed by atoms with Crippen molar-refractivity contribution in [2.24, 2.45) is 5.73 Å². The summed E-state index contributed by atoms with van der Waals surface area (Å²) < 4.78 is 24.9. The van der Waals surface area contributed by atoms with Crippen LogP contribution in [0.25, 0.3) is 0 Å². The van der Waals surface area contributed by atoms with Crippen LogP contribution in [0.4, 0.5) is 0 Å². The molecule has 0 spiro atoms. The average Bonchev–Trinajstić information content (AvgIpc) is 2.51. The number of rotatable bonds is 3. The Hall–Kier alpha value is -0.990. The Kier molecular flexibility index (Phi) is 2.88. The predicted molar refractivity (Wildman–Crippen MR) is 50.6 cm³/mol. The van der Waals surface area contributed by atoms with E-state index in [9.17, 15) is 8.42 Å². The molecule has 2 N–H and O–H groups in total. The zero-order valence-corrected chi connectivity index (χ0v) is 9.06. The van der Waals surface area contributed by atoms with Gasteiger partial charge in [0.25, 0.3) is 0 Å². The van der Waals surface area contributed by atoms with E-state index in [4.69, 9.17) is 5.73 Å². The molecular weight excluding hydrogens is 206 g/mol. The quantitative estimate of drug-likeness (QED) is 0.700. The van der Waals surface area contributed by atoms with Crippen molar-refractivity contribution in [1.82, 2.24) is 18.5 Å². The van der Waals surface area contributed by atoms with Crippen molar-refractivity contribution in [2.75, 3.05) is 14.1 Å². The van der Waals surface area contributed by atoms with Gasteiger partial charge in [0.05, 0.1) is 6.04 Å². The van der Waals surface area contributed by atoms with Gasteiger partial charge in [-0.15, -0.1) is 9.19 Å². The summed E-state index contributed by atoms with van der Waals surface area (Å²) in [5, 5.41) is 3.75. The summed E-state index contributed by atoms with van der Waals surface area (Å²) in [6, 6.07) is -0.381. The zero-order chi connectivity index (χ0) is 10.9. The van der Waals surface area contributed by atoms with E-state index in [2.05, 4.69) is 10.1 Å². The molecule has 0 aliphatic carbocycles. The summed E-state index contributed by atoms with van der Waals surface area (Å²) in [6.45, 7) is 1.68. The first kappa shape index (κ1) is 11.1. The first-order chi connectivity index (χ1) is 6.35. The third kappa shape index (κ3) is 1.91. The third-order valence-electron chi connectivity index (χ3n) is 1.59. The van der Waals surface area contributed by atoms with Crippen LogP contribution in [0, 0.1) is 0 Å². The largest absolute Gasteiger partial charge is 0.323 e.